The molecule has 0 radical (unpaired) electrons. The van der Waals surface area contributed by atoms with E-state index in [0.717, 1.165) is 17.7 Å². The predicted octanol–water partition coefficient (Wildman–Crippen LogP) is 3.29. The minimum Gasteiger partial charge on any atom is -0.280 e. The van der Waals surface area contributed by atoms with Gasteiger partial charge in [0.1, 0.15) is 0 Å². The molecule has 2 aromatic carbocycles. The van der Waals surface area contributed by atoms with Crippen molar-refractivity contribution in [2.24, 2.45) is 0 Å². The molecule has 1 heterocycles. The topological polar surface area (TPSA) is 107 Å². The standard InChI is InChI=1S/C16H13ClN4O4S/c17-13-9-18-20(11-13)10-12-2-1-3-14(8-12)19-26(24,25)16-6-4-15(5-7-16)21(22)23/h1-9,11,19H,10H2. The lowest BCUT2D eigenvalue weighted by molar-refractivity contribution is -0.384. The van der Waals surface area contributed by atoms with Gasteiger partial charge < -0.3 is 0 Å². The van der Waals surface area contributed by atoms with Crippen LogP contribution in [-0.2, 0) is 16.6 Å². The lowest BCUT2D eigenvalue weighted by atomic mass is 10.2. The van der Waals surface area contributed by atoms with Crippen molar-refractivity contribution >= 4 is 33.0 Å². The first kappa shape index (κ1) is 17.9. The van der Waals surface area contributed by atoms with Crippen LogP contribution in [0.4, 0.5) is 11.4 Å². The summed E-state index contributed by atoms with van der Waals surface area (Å²) >= 11 is 5.83. The fourth-order valence-electron chi connectivity index (χ4n) is 2.31. The summed E-state index contributed by atoms with van der Waals surface area (Å²) in [4.78, 5) is 10.0. The zero-order valence-electron chi connectivity index (χ0n) is 13.2. The van der Waals surface area contributed by atoms with E-state index in [1.807, 2.05) is 6.07 Å². The van der Waals surface area contributed by atoms with Crippen molar-refractivity contribution < 1.29 is 13.3 Å². The SMILES string of the molecule is O=[N+]([O-])c1ccc(S(=O)(=O)Nc2cccc(Cn3cc(Cl)cn3)c2)cc1. The number of hydrogen-bond acceptors (Lipinski definition) is 5. The number of nitrogens with one attached hydrogen (secondary N) is 1. The van der Waals surface area contributed by atoms with E-state index in [1.165, 1.54) is 18.3 Å². The summed E-state index contributed by atoms with van der Waals surface area (Å²) in [6, 6.07) is 11.5. The van der Waals surface area contributed by atoms with Crippen LogP contribution >= 0.6 is 11.6 Å². The summed E-state index contributed by atoms with van der Waals surface area (Å²) in [7, 11) is -3.86. The molecular weight excluding hydrogens is 380 g/mol. The van der Waals surface area contributed by atoms with Crippen LogP contribution in [0, 0.1) is 10.1 Å². The van der Waals surface area contributed by atoms with E-state index in [9.17, 15) is 18.5 Å². The van der Waals surface area contributed by atoms with Gasteiger partial charge in [-0.25, -0.2) is 8.42 Å². The highest BCUT2D eigenvalue weighted by Crippen LogP contribution is 2.20. The number of hydrogen-bond donors (Lipinski definition) is 1. The Morgan fingerprint density at radius 3 is 2.54 bits per heavy atom. The van der Waals surface area contributed by atoms with Gasteiger partial charge in [-0.1, -0.05) is 23.7 Å². The minimum atomic E-state index is -3.86. The molecule has 0 fully saturated rings. The number of benzene rings is 2. The van der Waals surface area contributed by atoms with E-state index >= 15 is 0 Å². The number of aromatic nitrogens is 2. The van der Waals surface area contributed by atoms with Crippen LogP contribution < -0.4 is 4.72 Å². The first-order valence-electron chi connectivity index (χ1n) is 7.38. The van der Waals surface area contributed by atoms with Crippen molar-refractivity contribution in [1.29, 1.82) is 0 Å². The van der Waals surface area contributed by atoms with Crippen molar-refractivity contribution in [3.63, 3.8) is 0 Å². The average molecular weight is 393 g/mol. The lowest BCUT2D eigenvalue weighted by Crippen LogP contribution is -2.13. The third kappa shape index (κ3) is 4.19. The molecular formula is C16H13ClN4O4S. The molecule has 0 saturated carbocycles. The Kier molecular flexibility index (Phi) is 4.92. The van der Waals surface area contributed by atoms with Crippen LogP contribution in [0.15, 0.2) is 65.8 Å². The third-order valence-electron chi connectivity index (χ3n) is 3.48. The molecule has 0 aliphatic rings. The molecule has 1 aromatic heterocycles. The number of non-ortho nitro benzene ring substituents is 1. The number of nitro benzene ring substituents is 1. The summed E-state index contributed by atoms with van der Waals surface area (Å²) in [6.07, 6.45) is 3.18. The number of halogens is 1. The lowest BCUT2D eigenvalue weighted by Gasteiger charge is -2.10. The Hall–Kier alpha value is -2.91. The van der Waals surface area contributed by atoms with Crippen LogP contribution in [0.25, 0.3) is 0 Å². The highest BCUT2D eigenvalue weighted by molar-refractivity contribution is 7.92. The van der Waals surface area contributed by atoms with E-state index in [0.29, 0.717) is 17.3 Å². The molecule has 134 valence electrons. The van der Waals surface area contributed by atoms with Gasteiger partial charge in [0.15, 0.2) is 0 Å². The highest BCUT2D eigenvalue weighted by atomic mass is 35.5. The Morgan fingerprint density at radius 1 is 1.19 bits per heavy atom. The Labute approximate surface area is 154 Å². The zero-order valence-corrected chi connectivity index (χ0v) is 14.8. The third-order valence-corrected chi connectivity index (χ3v) is 5.08. The zero-order chi connectivity index (χ0) is 18.7. The van der Waals surface area contributed by atoms with Crippen molar-refractivity contribution in [3.05, 3.63) is 81.6 Å². The molecule has 8 nitrogen and oxygen atoms in total. The minimum absolute atomic E-state index is 0.0626. The van der Waals surface area contributed by atoms with Crippen molar-refractivity contribution in [1.82, 2.24) is 9.78 Å². The summed E-state index contributed by atoms with van der Waals surface area (Å²) in [5, 5.41) is 15.3. The van der Waals surface area contributed by atoms with E-state index < -0.39 is 14.9 Å². The quantitative estimate of drug-likeness (QED) is 0.511. The van der Waals surface area contributed by atoms with Crippen molar-refractivity contribution in [2.45, 2.75) is 11.4 Å². The van der Waals surface area contributed by atoms with Gasteiger partial charge in [0.25, 0.3) is 15.7 Å². The normalized spacial score (nSPS) is 11.3. The fraction of sp³-hybridized carbons (Fsp3) is 0.0625. The largest absolute Gasteiger partial charge is 0.280 e. The van der Waals surface area contributed by atoms with Gasteiger partial charge in [0.2, 0.25) is 0 Å². The molecule has 0 amide bonds. The first-order valence-corrected chi connectivity index (χ1v) is 9.24. The van der Waals surface area contributed by atoms with Gasteiger partial charge >= 0.3 is 0 Å². The van der Waals surface area contributed by atoms with Gasteiger partial charge in [0, 0.05) is 24.0 Å². The summed E-state index contributed by atoms with van der Waals surface area (Å²) in [6.45, 7) is 0.430. The molecule has 0 saturated heterocycles. The summed E-state index contributed by atoms with van der Waals surface area (Å²) < 4.78 is 29.0. The van der Waals surface area contributed by atoms with E-state index in [2.05, 4.69) is 9.82 Å². The predicted molar refractivity (Wildman–Crippen MR) is 96.7 cm³/mol. The number of sulfonamides is 1. The van der Waals surface area contributed by atoms with Crippen LogP contribution in [0.2, 0.25) is 5.02 Å². The maximum absolute atomic E-state index is 12.4. The monoisotopic (exact) mass is 392 g/mol. The van der Waals surface area contributed by atoms with Gasteiger partial charge in [-0.15, -0.1) is 0 Å². The molecule has 0 aliphatic heterocycles. The second-order valence-corrected chi connectivity index (χ2v) is 7.53. The molecule has 0 bridgehead atoms. The smallest absolute Gasteiger partial charge is 0.269 e. The maximum Gasteiger partial charge on any atom is 0.269 e. The number of anilines is 1. The molecule has 0 atom stereocenters. The first-order chi connectivity index (χ1) is 12.3. The molecule has 0 unspecified atom stereocenters. The molecule has 3 rings (SSSR count). The van der Waals surface area contributed by atoms with E-state index in [1.54, 1.807) is 29.1 Å². The van der Waals surface area contributed by atoms with Crippen LogP contribution in [0.5, 0.6) is 0 Å². The molecule has 0 spiro atoms. The maximum atomic E-state index is 12.4. The van der Waals surface area contributed by atoms with Gasteiger partial charge in [-0.3, -0.25) is 19.5 Å². The Morgan fingerprint density at radius 2 is 1.92 bits per heavy atom. The van der Waals surface area contributed by atoms with Gasteiger partial charge in [-0.2, -0.15) is 5.10 Å². The van der Waals surface area contributed by atoms with Gasteiger partial charge in [-0.05, 0) is 29.8 Å². The van der Waals surface area contributed by atoms with Crippen LogP contribution in [-0.4, -0.2) is 23.1 Å². The van der Waals surface area contributed by atoms with Crippen molar-refractivity contribution in [2.75, 3.05) is 4.72 Å². The number of rotatable bonds is 6. The molecule has 26 heavy (non-hydrogen) atoms. The molecule has 10 heteroatoms. The number of nitrogens with zero attached hydrogens (tertiary/aromatic N) is 3. The second kappa shape index (κ2) is 7.14. The second-order valence-electron chi connectivity index (χ2n) is 5.41. The highest BCUT2D eigenvalue weighted by Gasteiger charge is 2.16. The van der Waals surface area contributed by atoms with Crippen LogP contribution in [0.3, 0.4) is 0 Å². The van der Waals surface area contributed by atoms with E-state index in [-0.39, 0.29) is 10.6 Å². The molecule has 1 N–H and O–H groups in total. The van der Waals surface area contributed by atoms with Crippen LogP contribution in [0.1, 0.15) is 5.56 Å². The van der Waals surface area contributed by atoms with Crippen molar-refractivity contribution in [3.8, 4) is 0 Å². The summed E-state index contributed by atoms with van der Waals surface area (Å²) in [5.74, 6) is 0. The Balaban J connectivity index is 1.79. The fourth-order valence-corrected chi connectivity index (χ4v) is 3.51. The average Bonchev–Trinajstić information content (AvgIpc) is 2.99. The molecule has 0 aliphatic carbocycles. The number of nitro groups is 1. The van der Waals surface area contributed by atoms with Gasteiger partial charge in [0.05, 0.1) is 27.6 Å². The molecule has 3 aromatic rings. The Bertz CT molecular complexity index is 1050. The van der Waals surface area contributed by atoms with E-state index in [4.69, 9.17) is 11.6 Å². The summed E-state index contributed by atoms with van der Waals surface area (Å²) in [5.41, 5.74) is 1.02.